The van der Waals surface area contributed by atoms with Crippen LogP contribution >= 0.6 is 0 Å². The van der Waals surface area contributed by atoms with Crippen molar-refractivity contribution in [3.63, 3.8) is 0 Å². The van der Waals surface area contributed by atoms with E-state index in [0.29, 0.717) is 12.1 Å². The van der Waals surface area contributed by atoms with Crippen LogP contribution in [-0.2, 0) is 6.18 Å². The summed E-state index contributed by atoms with van der Waals surface area (Å²) in [5.74, 6) is -0.557. The van der Waals surface area contributed by atoms with Crippen LogP contribution in [0.15, 0.2) is 41.5 Å². The lowest BCUT2D eigenvalue weighted by Gasteiger charge is -2.15. The van der Waals surface area contributed by atoms with E-state index in [9.17, 15) is 33.5 Å². The predicted molar refractivity (Wildman–Crippen MR) is 83.9 cm³/mol. The van der Waals surface area contributed by atoms with E-state index in [1.54, 1.807) is 0 Å². The van der Waals surface area contributed by atoms with Crippen molar-refractivity contribution in [3.8, 4) is 11.5 Å². The average Bonchev–Trinajstić information content (AvgIpc) is 2.52. The first kappa shape index (κ1) is 18.0. The molecule has 0 radical (unpaired) electrons. The number of phenols is 2. The van der Waals surface area contributed by atoms with Crippen molar-refractivity contribution in [3.05, 3.63) is 57.6 Å². The largest absolute Gasteiger partial charge is 0.507 e. The lowest BCUT2D eigenvalue weighted by molar-refractivity contribution is -0.384. The third-order valence-corrected chi connectivity index (χ3v) is 3.27. The van der Waals surface area contributed by atoms with E-state index in [2.05, 4.69) is 5.10 Å². The molecule has 10 heteroatoms. The first-order chi connectivity index (χ1) is 11.6. The Kier molecular flexibility index (Phi) is 4.82. The number of anilines is 1. The van der Waals surface area contributed by atoms with Gasteiger partial charge in [-0.2, -0.15) is 18.3 Å². The molecule has 0 amide bonds. The van der Waals surface area contributed by atoms with Crippen molar-refractivity contribution < 1.29 is 28.3 Å². The normalized spacial score (nSPS) is 11.7. The van der Waals surface area contributed by atoms with Gasteiger partial charge >= 0.3 is 6.18 Å². The summed E-state index contributed by atoms with van der Waals surface area (Å²) < 4.78 is 38.1. The Labute approximate surface area is 139 Å². The van der Waals surface area contributed by atoms with Gasteiger partial charge < -0.3 is 10.2 Å². The maximum Gasteiger partial charge on any atom is 0.416 e. The lowest BCUT2D eigenvalue weighted by Crippen LogP contribution is -2.13. The highest BCUT2D eigenvalue weighted by atomic mass is 19.4. The van der Waals surface area contributed by atoms with Crippen LogP contribution in [0, 0.1) is 10.1 Å². The van der Waals surface area contributed by atoms with Crippen molar-refractivity contribution in [1.82, 2.24) is 0 Å². The fourth-order valence-corrected chi connectivity index (χ4v) is 2.00. The fourth-order valence-electron chi connectivity index (χ4n) is 2.00. The number of alkyl halides is 3. The predicted octanol–water partition coefficient (Wildman–Crippen LogP) is 3.50. The summed E-state index contributed by atoms with van der Waals surface area (Å²) in [5, 5.41) is 35.1. The number of hydrazone groups is 1. The molecule has 0 aliphatic heterocycles. The van der Waals surface area contributed by atoms with Crippen molar-refractivity contribution in [2.45, 2.75) is 6.18 Å². The Bertz CT molecular complexity index is 817. The van der Waals surface area contributed by atoms with Crippen molar-refractivity contribution >= 4 is 17.6 Å². The quantitative estimate of drug-likeness (QED) is 0.497. The Hall–Kier alpha value is -3.30. The monoisotopic (exact) mass is 355 g/mol. The van der Waals surface area contributed by atoms with Gasteiger partial charge in [-0.3, -0.25) is 15.1 Å². The molecule has 0 atom stereocenters. The minimum Gasteiger partial charge on any atom is -0.507 e. The minimum atomic E-state index is -4.72. The van der Waals surface area contributed by atoms with Gasteiger partial charge in [-0.15, -0.1) is 0 Å². The van der Waals surface area contributed by atoms with Gasteiger partial charge in [0.25, 0.3) is 5.69 Å². The molecule has 2 aromatic rings. The molecular weight excluding hydrogens is 343 g/mol. The number of phenolic OH excluding ortho intramolecular Hbond substituents is 2. The van der Waals surface area contributed by atoms with Crippen LogP contribution < -0.4 is 5.01 Å². The Morgan fingerprint density at radius 3 is 2.32 bits per heavy atom. The zero-order valence-electron chi connectivity index (χ0n) is 12.7. The summed E-state index contributed by atoms with van der Waals surface area (Å²) in [6.07, 6.45) is -3.68. The second-order valence-electron chi connectivity index (χ2n) is 4.94. The number of nitro groups is 1. The molecule has 25 heavy (non-hydrogen) atoms. The Balaban J connectivity index is 2.40. The number of nitro benzene ring substituents is 1. The van der Waals surface area contributed by atoms with Gasteiger partial charge in [-0.1, -0.05) is 6.07 Å². The molecular formula is C15H12F3N3O4. The molecule has 0 unspecified atom stereocenters. The Morgan fingerprint density at radius 2 is 1.80 bits per heavy atom. The summed E-state index contributed by atoms with van der Waals surface area (Å²) >= 11 is 0. The number of benzene rings is 2. The van der Waals surface area contributed by atoms with Crippen molar-refractivity contribution in [1.29, 1.82) is 0 Å². The van der Waals surface area contributed by atoms with Gasteiger partial charge in [-0.05, 0) is 24.3 Å². The van der Waals surface area contributed by atoms with E-state index in [1.165, 1.54) is 25.2 Å². The van der Waals surface area contributed by atoms with E-state index < -0.39 is 22.4 Å². The highest BCUT2D eigenvalue weighted by Gasteiger charge is 2.33. The first-order valence-electron chi connectivity index (χ1n) is 6.75. The summed E-state index contributed by atoms with van der Waals surface area (Å²) in [7, 11) is 1.28. The SMILES string of the molecule is CN(N=Cc1c(O)cccc1O)c1ccc(C(F)(F)F)cc1[N+](=O)[O-]. The Morgan fingerprint density at radius 1 is 1.20 bits per heavy atom. The van der Waals surface area contributed by atoms with E-state index >= 15 is 0 Å². The van der Waals surface area contributed by atoms with Crippen molar-refractivity contribution in [2.24, 2.45) is 5.10 Å². The van der Waals surface area contributed by atoms with Crippen molar-refractivity contribution in [2.75, 3.05) is 12.1 Å². The van der Waals surface area contributed by atoms with E-state index in [-0.39, 0.29) is 22.7 Å². The van der Waals surface area contributed by atoms with E-state index in [4.69, 9.17) is 0 Å². The van der Waals surface area contributed by atoms with Gasteiger partial charge in [0.1, 0.15) is 17.2 Å². The topological polar surface area (TPSA) is 99.2 Å². The highest BCUT2D eigenvalue weighted by Crippen LogP contribution is 2.36. The molecule has 132 valence electrons. The van der Waals surface area contributed by atoms with Gasteiger partial charge in [0.15, 0.2) is 0 Å². The zero-order valence-corrected chi connectivity index (χ0v) is 12.7. The van der Waals surface area contributed by atoms with Gasteiger partial charge in [-0.25, -0.2) is 0 Å². The molecule has 0 aromatic heterocycles. The molecule has 2 rings (SSSR count). The molecule has 2 N–H and O–H groups in total. The molecule has 0 saturated heterocycles. The second kappa shape index (κ2) is 6.67. The molecule has 0 spiro atoms. The maximum atomic E-state index is 12.7. The average molecular weight is 355 g/mol. The standard InChI is InChI=1S/C15H12F3N3O4/c1-20(19-8-10-13(22)3-2-4-14(10)23)11-6-5-9(15(16,17)18)7-12(11)21(24)25/h2-8,22-23H,1H3. The maximum absolute atomic E-state index is 12.7. The summed E-state index contributed by atoms with van der Waals surface area (Å²) in [4.78, 5) is 10.1. The minimum absolute atomic E-state index is 0.0380. The number of aromatic hydroxyl groups is 2. The second-order valence-corrected chi connectivity index (χ2v) is 4.94. The molecule has 0 fully saturated rings. The molecule has 0 aliphatic carbocycles. The van der Waals surface area contributed by atoms with Crippen LogP contribution in [0.4, 0.5) is 24.5 Å². The highest BCUT2D eigenvalue weighted by molar-refractivity contribution is 5.87. The fraction of sp³-hybridized carbons (Fsp3) is 0.133. The molecule has 0 bridgehead atoms. The lowest BCUT2D eigenvalue weighted by atomic mass is 10.1. The van der Waals surface area contributed by atoms with E-state index in [1.807, 2.05) is 0 Å². The smallest absolute Gasteiger partial charge is 0.416 e. The van der Waals surface area contributed by atoms with Gasteiger partial charge in [0, 0.05) is 13.1 Å². The van der Waals surface area contributed by atoms with Crippen LogP contribution in [0.5, 0.6) is 11.5 Å². The molecule has 0 aliphatic rings. The van der Waals surface area contributed by atoms with Crippen LogP contribution in [0.3, 0.4) is 0 Å². The van der Waals surface area contributed by atoms with E-state index in [0.717, 1.165) is 17.3 Å². The number of halogens is 3. The number of hydrogen-bond donors (Lipinski definition) is 2. The molecule has 0 saturated carbocycles. The van der Waals surface area contributed by atoms with Crippen LogP contribution in [-0.4, -0.2) is 28.4 Å². The van der Waals surface area contributed by atoms with Gasteiger partial charge in [0.05, 0.1) is 22.3 Å². The molecule has 2 aromatic carbocycles. The van der Waals surface area contributed by atoms with Crippen LogP contribution in [0.2, 0.25) is 0 Å². The third-order valence-electron chi connectivity index (χ3n) is 3.27. The number of rotatable bonds is 4. The first-order valence-corrected chi connectivity index (χ1v) is 6.75. The summed E-state index contributed by atoms with van der Waals surface area (Å²) in [5.41, 5.74) is -2.16. The summed E-state index contributed by atoms with van der Waals surface area (Å²) in [6, 6.07) is 6.02. The molecule has 7 nitrogen and oxygen atoms in total. The van der Waals surface area contributed by atoms with Crippen LogP contribution in [0.1, 0.15) is 11.1 Å². The number of nitrogens with zero attached hydrogens (tertiary/aromatic N) is 3. The van der Waals surface area contributed by atoms with Gasteiger partial charge in [0.2, 0.25) is 0 Å². The zero-order chi connectivity index (χ0) is 18.8. The summed E-state index contributed by atoms with van der Waals surface area (Å²) in [6.45, 7) is 0. The van der Waals surface area contributed by atoms with Crippen LogP contribution in [0.25, 0.3) is 0 Å². The number of hydrogen-bond acceptors (Lipinski definition) is 6. The molecule has 0 heterocycles. The third kappa shape index (κ3) is 3.97.